The Kier molecular flexibility index (Phi) is 5.44. The molecule has 0 bridgehead atoms. The Morgan fingerprint density at radius 1 is 1.05 bits per heavy atom. The van der Waals surface area contributed by atoms with Gasteiger partial charge in [0.05, 0.1) is 6.54 Å². The van der Waals surface area contributed by atoms with Gasteiger partial charge in [0.15, 0.2) is 5.96 Å². The van der Waals surface area contributed by atoms with Crippen LogP contribution in [0.15, 0.2) is 59.6 Å². The zero-order valence-electron chi connectivity index (χ0n) is 11.2. The van der Waals surface area contributed by atoms with Gasteiger partial charge in [-0.15, -0.1) is 0 Å². The van der Waals surface area contributed by atoms with E-state index in [1.54, 1.807) is 0 Å². The van der Waals surface area contributed by atoms with E-state index in [9.17, 15) is 0 Å². The summed E-state index contributed by atoms with van der Waals surface area (Å²) >= 11 is 6.09. The molecule has 0 aliphatic heterocycles. The number of benzene rings is 2. The first-order valence-corrected chi connectivity index (χ1v) is 6.94. The van der Waals surface area contributed by atoms with Crippen LogP contribution in [0.5, 0.6) is 0 Å². The van der Waals surface area contributed by atoms with Crippen molar-refractivity contribution in [1.29, 1.82) is 0 Å². The smallest absolute Gasteiger partial charge is 0.188 e. The van der Waals surface area contributed by atoms with Crippen molar-refractivity contribution >= 4 is 17.6 Å². The number of hydrogen-bond acceptors (Lipinski definition) is 1. The van der Waals surface area contributed by atoms with Crippen LogP contribution in [-0.2, 0) is 13.0 Å². The standard InChI is InChI=1S/C16H18ClN3/c17-15-9-5-4-8-14(15)10-11-19-16(18)20-12-13-6-2-1-3-7-13/h1-9H,10-12H2,(H3,18,19,20). The molecule has 0 radical (unpaired) electrons. The fraction of sp³-hybridized carbons (Fsp3) is 0.188. The Morgan fingerprint density at radius 2 is 1.75 bits per heavy atom. The molecule has 0 amide bonds. The quantitative estimate of drug-likeness (QED) is 0.656. The van der Waals surface area contributed by atoms with Crippen molar-refractivity contribution in [1.82, 2.24) is 5.32 Å². The lowest BCUT2D eigenvalue weighted by Gasteiger charge is -2.07. The van der Waals surface area contributed by atoms with Gasteiger partial charge in [-0.1, -0.05) is 60.1 Å². The zero-order valence-corrected chi connectivity index (χ0v) is 12.0. The first-order valence-electron chi connectivity index (χ1n) is 6.57. The summed E-state index contributed by atoms with van der Waals surface area (Å²) < 4.78 is 0. The van der Waals surface area contributed by atoms with Gasteiger partial charge in [-0.3, -0.25) is 0 Å². The molecule has 0 heterocycles. The summed E-state index contributed by atoms with van der Waals surface area (Å²) in [6, 6.07) is 17.8. The summed E-state index contributed by atoms with van der Waals surface area (Å²) in [4.78, 5) is 4.30. The van der Waals surface area contributed by atoms with Crippen molar-refractivity contribution in [2.45, 2.75) is 13.0 Å². The number of aliphatic imine (C=N–C) groups is 1. The summed E-state index contributed by atoms with van der Waals surface area (Å²) in [6.07, 6.45) is 0.821. The summed E-state index contributed by atoms with van der Waals surface area (Å²) in [5, 5.41) is 3.88. The van der Waals surface area contributed by atoms with E-state index < -0.39 is 0 Å². The van der Waals surface area contributed by atoms with E-state index >= 15 is 0 Å². The molecular weight excluding hydrogens is 270 g/mol. The van der Waals surface area contributed by atoms with Crippen molar-refractivity contribution in [3.63, 3.8) is 0 Å². The highest BCUT2D eigenvalue weighted by molar-refractivity contribution is 6.31. The van der Waals surface area contributed by atoms with Gasteiger partial charge in [-0.2, -0.15) is 0 Å². The molecule has 20 heavy (non-hydrogen) atoms. The van der Waals surface area contributed by atoms with Gasteiger partial charge >= 0.3 is 0 Å². The SMILES string of the molecule is NC(=NCc1ccccc1)NCCc1ccccc1Cl. The first-order chi connectivity index (χ1) is 9.75. The Hall–Kier alpha value is -2.00. The number of nitrogens with zero attached hydrogens (tertiary/aromatic N) is 1. The van der Waals surface area contributed by atoms with Crippen LogP contribution in [0.2, 0.25) is 5.02 Å². The zero-order chi connectivity index (χ0) is 14.2. The molecule has 0 atom stereocenters. The third kappa shape index (κ3) is 4.59. The number of nitrogens with one attached hydrogen (secondary N) is 1. The maximum Gasteiger partial charge on any atom is 0.188 e. The predicted octanol–water partition coefficient (Wildman–Crippen LogP) is 2.99. The monoisotopic (exact) mass is 287 g/mol. The molecule has 0 fully saturated rings. The minimum atomic E-state index is 0.459. The van der Waals surface area contributed by atoms with Crippen LogP contribution < -0.4 is 11.1 Å². The van der Waals surface area contributed by atoms with Crippen LogP contribution in [0, 0.1) is 0 Å². The Bertz CT molecular complexity index is 567. The molecule has 2 rings (SSSR count). The van der Waals surface area contributed by atoms with E-state index in [4.69, 9.17) is 17.3 Å². The second-order valence-electron chi connectivity index (χ2n) is 4.46. The lowest BCUT2D eigenvalue weighted by molar-refractivity contribution is 0.848. The van der Waals surface area contributed by atoms with Gasteiger partial charge < -0.3 is 11.1 Å². The van der Waals surface area contributed by atoms with Crippen LogP contribution in [0.4, 0.5) is 0 Å². The molecule has 3 N–H and O–H groups in total. The van der Waals surface area contributed by atoms with Crippen LogP contribution in [0.1, 0.15) is 11.1 Å². The van der Waals surface area contributed by atoms with Gasteiger partial charge in [0.2, 0.25) is 0 Å². The second-order valence-corrected chi connectivity index (χ2v) is 4.86. The summed E-state index contributed by atoms with van der Waals surface area (Å²) in [5.74, 6) is 0.459. The molecule has 4 heteroatoms. The number of nitrogens with two attached hydrogens (primary N) is 1. The van der Waals surface area contributed by atoms with Crippen molar-refractivity contribution in [2.24, 2.45) is 10.7 Å². The van der Waals surface area contributed by atoms with E-state index in [0.717, 1.165) is 22.6 Å². The van der Waals surface area contributed by atoms with E-state index in [-0.39, 0.29) is 0 Å². The highest BCUT2D eigenvalue weighted by Crippen LogP contribution is 2.14. The van der Waals surface area contributed by atoms with E-state index in [0.29, 0.717) is 19.0 Å². The van der Waals surface area contributed by atoms with Gasteiger partial charge in [0.25, 0.3) is 0 Å². The molecule has 0 spiro atoms. The molecule has 3 nitrogen and oxygen atoms in total. The van der Waals surface area contributed by atoms with Crippen molar-refractivity contribution in [2.75, 3.05) is 6.54 Å². The summed E-state index contributed by atoms with van der Waals surface area (Å²) in [7, 11) is 0. The summed E-state index contributed by atoms with van der Waals surface area (Å²) in [5.41, 5.74) is 8.08. The average molecular weight is 288 g/mol. The number of halogens is 1. The molecular formula is C16H18ClN3. The topological polar surface area (TPSA) is 50.4 Å². The molecule has 0 saturated carbocycles. The minimum absolute atomic E-state index is 0.459. The Morgan fingerprint density at radius 3 is 2.50 bits per heavy atom. The molecule has 0 aromatic heterocycles. The largest absolute Gasteiger partial charge is 0.370 e. The van der Waals surface area contributed by atoms with Crippen LogP contribution in [0.25, 0.3) is 0 Å². The van der Waals surface area contributed by atoms with Crippen molar-refractivity contribution in [3.05, 3.63) is 70.7 Å². The number of guanidine groups is 1. The average Bonchev–Trinajstić information content (AvgIpc) is 2.48. The summed E-state index contributed by atoms with van der Waals surface area (Å²) in [6.45, 7) is 1.31. The Balaban J connectivity index is 1.78. The van der Waals surface area contributed by atoms with Gasteiger partial charge in [-0.25, -0.2) is 4.99 Å². The lowest BCUT2D eigenvalue weighted by Crippen LogP contribution is -2.33. The highest BCUT2D eigenvalue weighted by Gasteiger charge is 1.99. The van der Waals surface area contributed by atoms with Crippen LogP contribution in [0.3, 0.4) is 0 Å². The van der Waals surface area contributed by atoms with Crippen LogP contribution >= 0.6 is 11.6 Å². The third-order valence-electron chi connectivity index (χ3n) is 2.93. The molecule has 2 aromatic carbocycles. The molecule has 104 valence electrons. The van der Waals surface area contributed by atoms with Crippen molar-refractivity contribution < 1.29 is 0 Å². The Labute approximate surface area is 124 Å². The van der Waals surface area contributed by atoms with E-state index in [1.165, 1.54) is 0 Å². The molecule has 0 unspecified atom stereocenters. The molecule has 0 aliphatic carbocycles. The molecule has 0 aliphatic rings. The third-order valence-corrected chi connectivity index (χ3v) is 3.30. The minimum Gasteiger partial charge on any atom is -0.370 e. The normalized spacial score (nSPS) is 11.3. The van der Waals surface area contributed by atoms with Crippen molar-refractivity contribution in [3.8, 4) is 0 Å². The first kappa shape index (κ1) is 14.4. The number of hydrogen-bond donors (Lipinski definition) is 2. The van der Waals surface area contributed by atoms with E-state index in [1.807, 2.05) is 54.6 Å². The predicted molar refractivity (Wildman–Crippen MR) is 84.9 cm³/mol. The van der Waals surface area contributed by atoms with Gasteiger partial charge in [0.1, 0.15) is 0 Å². The second kappa shape index (κ2) is 7.56. The van der Waals surface area contributed by atoms with E-state index in [2.05, 4.69) is 10.3 Å². The van der Waals surface area contributed by atoms with Crippen LogP contribution in [-0.4, -0.2) is 12.5 Å². The maximum atomic E-state index is 6.09. The van der Waals surface area contributed by atoms with Gasteiger partial charge in [-0.05, 0) is 23.6 Å². The fourth-order valence-corrected chi connectivity index (χ4v) is 2.07. The highest BCUT2D eigenvalue weighted by atomic mass is 35.5. The maximum absolute atomic E-state index is 6.09. The van der Waals surface area contributed by atoms with Gasteiger partial charge in [0, 0.05) is 11.6 Å². The number of rotatable bonds is 5. The fourth-order valence-electron chi connectivity index (χ4n) is 1.84. The molecule has 0 saturated heterocycles. The lowest BCUT2D eigenvalue weighted by atomic mass is 10.1. The molecule has 2 aromatic rings.